The molecule has 8 N–H and O–H groups in total. The molecule has 0 saturated heterocycles. The molecule has 0 rings (SSSR count). The molecule has 0 bridgehead atoms. The topological polar surface area (TPSA) is 145 Å². The fourth-order valence-corrected chi connectivity index (χ4v) is 1.83. The number of nitrogens with zero attached hydrogens (tertiary/aromatic N) is 2. The van der Waals surface area contributed by atoms with Gasteiger partial charge in [0.25, 0.3) is 0 Å². The largest absolute Gasteiger partial charge is 0.350 e. The van der Waals surface area contributed by atoms with Crippen molar-refractivity contribution >= 4 is 12.1 Å². The summed E-state index contributed by atoms with van der Waals surface area (Å²) < 4.78 is 0. The number of unbranched alkanes of at least 4 members (excludes halogenated alkanes) is 2. The van der Waals surface area contributed by atoms with E-state index >= 15 is 0 Å². The second kappa shape index (κ2) is 8.60. The van der Waals surface area contributed by atoms with Crippen LogP contribution in [-0.2, 0) is 0 Å². The number of rotatable bonds is 9. The van der Waals surface area contributed by atoms with Gasteiger partial charge in [-0.3, -0.25) is 10.0 Å². The quantitative estimate of drug-likeness (QED) is 0.211. The van der Waals surface area contributed by atoms with E-state index in [9.17, 15) is 9.59 Å². The van der Waals surface area contributed by atoms with Gasteiger partial charge >= 0.3 is 12.1 Å². The molecule has 0 aliphatic carbocycles. The number of hydrazine groups is 2. The Morgan fingerprint density at radius 3 is 1.85 bits per heavy atom. The molecule has 8 heteroatoms. The van der Waals surface area contributed by atoms with E-state index in [0.717, 1.165) is 42.1 Å². The second-order valence-corrected chi connectivity index (χ2v) is 5.79. The Kier molecular flexibility index (Phi) is 7.93. The first-order valence-electron chi connectivity index (χ1n) is 6.79. The van der Waals surface area contributed by atoms with Gasteiger partial charge in [0.2, 0.25) is 0 Å². The van der Waals surface area contributed by atoms with Gasteiger partial charge in [-0.2, -0.15) is 0 Å². The molecule has 0 fully saturated rings. The molecule has 8 nitrogen and oxygen atoms in total. The Balaban J connectivity index is 3.77. The van der Waals surface area contributed by atoms with Gasteiger partial charge in [0.1, 0.15) is 0 Å². The maximum absolute atomic E-state index is 10.8. The van der Waals surface area contributed by atoms with Crippen molar-refractivity contribution in [1.29, 1.82) is 0 Å². The molecule has 0 radical (unpaired) electrons. The van der Waals surface area contributed by atoms with E-state index in [1.807, 2.05) is 0 Å². The van der Waals surface area contributed by atoms with Gasteiger partial charge in [0, 0.05) is 13.1 Å². The molecule has 0 unspecified atom stereocenters. The van der Waals surface area contributed by atoms with Crippen LogP contribution in [0.1, 0.15) is 46.0 Å². The Bertz CT molecular complexity index is 321. The van der Waals surface area contributed by atoms with Gasteiger partial charge in [-0.25, -0.2) is 21.3 Å². The molecule has 0 aromatic heterocycles. The summed E-state index contributed by atoms with van der Waals surface area (Å²) in [5.74, 6) is 10.8. The van der Waals surface area contributed by atoms with Gasteiger partial charge in [-0.05, 0) is 24.7 Å². The van der Waals surface area contributed by atoms with Crippen LogP contribution >= 0.6 is 0 Å². The Morgan fingerprint density at radius 2 is 1.35 bits per heavy atom. The molecule has 0 aliphatic rings. The van der Waals surface area contributed by atoms with E-state index in [1.54, 1.807) is 0 Å². The number of carbonyl (C=O) groups excluding carboxylic acids is 2. The number of carbonyl (C=O) groups is 2. The number of hydrogen-bond acceptors (Lipinski definition) is 4. The lowest BCUT2D eigenvalue weighted by molar-refractivity contribution is 0.190. The van der Waals surface area contributed by atoms with Gasteiger partial charge in [-0.15, -0.1) is 0 Å². The van der Waals surface area contributed by atoms with E-state index in [1.165, 1.54) is 0 Å². The molecule has 20 heavy (non-hydrogen) atoms. The molecular formula is C12H28N6O2. The van der Waals surface area contributed by atoms with Crippen LogP contribution in [0.15, 0.2) is 0 Å². The Morgan fingerprint density at radius 1 is 0.850 bits per heavy atom. The molecule has 0 spiro atoms. The molecule has 0 heterocycles. The average Bonchev–Trinajstić information content (AvgIpc) is 2.34. The lowest BCUT2D eigenvalue weighted by atomic mass is 9.83. The predicted molar refractivity (Wildman–Crippen MR) is 77.8 cm³/mol. The lowest BCUT2D eigenvalue weighted by Crippen LogP contribution is -2.43. The monoisotopic (exact) mass is 288 g/mol. The zero-order chi connectivity index (χ0) is 15.8. The highest BCUT2D eigenvalue weighted by molar-refractivity contribution is 5.71. The van der Waals surface area contributed by atoms with Gasteiger partial charge < -0.3 is 11.5 Å². The van der Waals surface area contributed by atoms with Crippen LogP contribution in [0.25, 0.3) is 0 Å². The van der Waals surface area contributed by atoms with Crippen LogP contribution in [0.5, 0.6) is 0 Å². The summed E-state index contributed by atoms with van der Waals surface area (Å²) in [6.45, 7) is 5.16. The first kappa shape index (κ1) is 18.5. The maximum Gasteiger partial charge on any atom is 0.328 e. The molecule has 0 atom stereocenters. The first-order valence-corrected chi connectivity index (χ1v) is 6.79. The van der Waals surface area contributed by atoms with Gasteiger partial charge in [-0.1, -0.05) is 26.7 Å². The Labute approximate surface area is 120 Å². The van der Waals surface area contributed by atoms with Crippen molar-refractivity contribution in [1.82, 2.24) is 10.0 Å². The zero-order valence-electron chi connectivity index (χ0n) is 12.5. The third kappa shape index (κ3) is 8.54. The van der Waals surface area contributed by atoms with Crippen molar-refractivity contribution in [3.63, 3.8) is 0 Å². The smallest absolute Gasteiger partial charge is 0.328 e. The highest BCUT2D eigenvalue weighted by Crippen LogP contribution is 2.27. The second-order valence-electron chi connectivity index (χ2n) is 5.79. The van der Waals surface area contributed by atoms with Crippen LogP contribution < -0.4 is 23.2 Å². The Hall–Kier alpha value is -1.54. The molecule has 0 aromatic rings. The summed E-state index contributed by atoms with van der Waals surface area (Å²) in [6, 6.07) is -1.23. The van der Waals surface area contributed by atoms with Crippen molar-refractivity contribution in [2.45, 2.75) is 46.0 Å². The van der Waals surface area contributed by atoms with Crippen LogP contribution in [0.2, 0.25) is 0 Å². The molecule has 0 aromatic carbocycles. The van der Waals surface area contributed by atoms with Crippen LogP contribution in [0, 0.1) is 5.41 Å². The number of nitrogens with two attached hydrogens (primary N) is 4. The van der Waals surface area contributed by atoms with Crippen LogP contribution in [0.4, 0.5) is 9.59 Å². The van der Waals surface area contributed by atoms with Crippen molar-refractivity contribution in [2.75, 3.05) is 13.1 Å². The van der Waals surface area contributed by atoms with Crippen molar-refractivity contribution in [3.05, 3.63) is 0 Å². The van der Waals surface area contributed by atoms with Gasteiger partial charge in [0.05, 0.1) is 0 Å². The van der Waals surface area contributed by atoms with Crippen molar-refractivity contribution < 1.29 is 9.59 Å². The first-order chi connectivity index (χ1) is 9.15. The predicted octanol–water partition coefficient (Wildman–Crippen LogP) is 0.472. The third-order valence-electron chi connectivity index (χ3n) is 3.35. The van der Waals surface area contributed by atoms with Crippen molar-refractivity contribution in [2.24, 2.45) is 28.6 Å². The molecule has 4 amide bonds. The van der Waals surface area contributed by atoms with E-state index in [0.29, 0.717) is 13.1 Å². The lowest BCUT2D eigenvalue weighted by Gasteiger charge is -2.26. The van der Waals surface area contributed by atoms with E-state index in [4.69, 9.17) is 23.2 Å². The molecule has 0 saturated carbocycles. The fraction of sp³-hybridized carbons (Fsp3) is 0.833. The van der Waals surface area contributed by atoms with Crippen molar-refractivity contribution in [3.8, 4) is 0 Å². The number of urea groups is 2. The molecule has 0 aliphatic heterocycles. The fourth-order valence-electron chi connectivity index (χ4n) is 1.83. The summed E-state index contributed by atoms with van der Waals surface area (Å²) in [5.41, 5.74) is 10.2. The average molecular weight is 288 g/mol. The van der Waals surface area contributed by atoms with Crippen LogP contribution in [0.3, 0.4) is 0 Å². The van der Waals surface area contributed by atoms with E-state index in [-0.39, 0.29) is 5.41 Å². The zero-order valence-corrected chi connectivity index (χ0v) is 12.5. The maximum atomic E-state index is 10.8. The highest BCUT2D eigenvalue weighted by atomic mass is 16.2. The minimum Gasteiger partial charge on any atom is -0.350 e. The molecule has 118 valence electrons. The minimum absolute atomic E-state index is 0.0825. The number of hydrogen-bond donors (Lipinski definition) is 4. The summed E-state index contributed by atoms with van der Waals surface area (Å²) in [5, 5.41) is 2.05. The summed E-state index contributed by atoms with van der Waals surface area (Å²) in [6.07, 6.45) is 4.59. The third-order valence-corrected chi connectivity index (χ3v) is 3.35. The normalized spacial score (nSPS) is 11.2. The summed E-state index contributed by atoms with van der Waals surface area (Å²) in [7, 11) is 0. The standard InChI is InChI=1S/C12H28N6O2/c1-12(2,7-9-18(16)11(14)20)6-4-3-5-8-17(15)10(13)19/h3-9,15-16H2,1-2H3,(H2,13,19)(H2,14,20). The van der Waals surface area contributed by atoms with E-state index < -0.39 is 12.1 Å². The van der Waals surface area contributed by atoms with E-state index in [2.05, 4.69) is 13.8 Å². The summed E-state index contributed by atoms with van der Waals surface area (Å²) >= 11 is 0. The molecular weight excluding hydrogens is 260 g/mol. The minimum atomic E-state index is -0.615. The number of primary amides is 2. The number of amides is 4. The van der Waals surface area contributed by atoms with Crippen LogP contribution in [-0.4, -0.2) is 35.2 Å². The summed E-state index contributed by atoms with van der Waals surface area (Å²) in [4.78, 5) is 21.5. The van der Waals surface area contributed by atoms with Gasteiger partial charge in [0.15, 0.2) is 0 Å². The SMILES string of the molecule is CC(C)(CCCCCN(N)C(N)=O)CCN(N)C(N)=O. The highest BCUT2D eigenvalue weighted by Gasteiger charge is 2.19.